The van der Waals surface area contributed by atoms with Gasteiger partial charge in [0.2, 0.25) is 5.91 Å². The molecule has 0 bridgehead atoms. The minimum Gasteiger partial charge on any atom is -0.466 e. The number of benzene rings is 5. The Bertz CT molecular complexity index is 2410. The molecule has 1 saturated heterocycles. The van der Waals surface area contributed by atoms with E-state index in [1.54, 1.807) is 13.0 Å². The number of hydrogen-bond donors (Lipinski definition) is 0. The highest BCUT2D eigenvalue weighted by molar-refractivity contribution is 7.96. The number of methoxy groups -OCH3 is 1. The Labute approximate surface area is 356 Å². The zero-order chi connectivity index (χ0) is 44.4. The van der Waals surface area contributed by atoms with Gasteiger partial charge >= 0.3 is 18.1 Å². The van der Waals surface area contributed by atoms with Gasteiger partial charge in [-0.05, 0) is 64.1 Å². The number of rotatable bonds is 16. The van der Waals surface area contributed by atoms with Crippen molar-refractivity contribution in [2.24, 2.45) is 11.8 Å². The molecule has 1 fully saturated rings. The largest absolute Gasteiger partial charge is 0.508 e. The van der Waals surface area contributed by atoms with Gasteiger partial charge in [-0.3, -0.25) is 25.0 Å². The number of amides is 1. The van der Waals surface area contributed by atoms with Crippen LogP contribution in [0.25, 0.3) is 0 Å². The third-order valence-electron chi connectivity index (χ3n) is 10.4. The van der Waals surface area contributed by atoms with Crippen molar-refractivity contribution >= 4 is 63.6 Å². The maximum Gasteiger partial charge on any atom is 0.508 e. The quantitative estimate of drug-likeness (QED) is 0.0196. The maximum atomic E-state index is 15.3. The maximum absolute atomic E-state index is 15.3. The third kappa shape index (κ3) is 9.48. The van der Waals surface area contributed by atoms with Crippen LogP contribution in [0.5, 0.6) is 0 Å². The van der Waals surface area contributed by atoms with Gasteiger partial charge in [0.05, 0.1) is 28.9 Å². The fourth-order valence-electron chi connectivity index (χ4n) is 7.44. The molecule has 16 heteroatoms. The number of hydrogen-bond acceptors (Lipinski definition) is 12. The molecule has 0 N–H and O–H groups in total. The van der Waals surface area contributed by atoms with Crippen molar-refractivity contribution in [2.45, 2.75) is 39.2 Å². The molecule has 0 saturated carbocycles. The van der Waals surface area contributed by atoms with Crippen LogP contribution in [-0.4, -0.2) is 63.4 Å². The number of esters is 2. The monoisotopic (exact) mass is 859 g/mol. The standard InChI is InChI=1S/C46H42N3O12P/c1-31(19-28-40(50)58-3)42-41(32(2)61-46(53)60-30-34-22-26-36(27-23-34)49(56)57)43(51)47(42)44(45(52)59-29-33-20-24-35(25-21-33)48(54)55)62(37-13-7-4-8-14-37,38-15-9-5-10-16-38)39-17-11-6-12-18-39/h4-28,31-32,41-42H,29-30H2,1-3H3. The molecule has 5 aromatic carbocycles. The topological polar surface area (TPSA) is 195 Å². The van der Waals surface area contributed by atoms with Crippen molar-refractivity contribution in [3.63, 3.8) is 0 Å². The first-order valence-corrected chi connectivity index (χ1v) is 21.2. The van der Waals surface area contributed by atoms with Gasteiger partial charge < -0.3 is 23.8 Å². The normalized spacial score (nSPS) is 15.7. The van der Waals surface area contributed by atoms with Gasteiger partial charge in [0, 0.05) is 37.2 Å². The third-order valence-corrected chi connectivity index (χ3v) is 14.7. The highest BCUT2D eigenvalue weighted by Gasteiger charge is 2.57. The summed E-state index contributed by atoms with van der Waals surface area (Å²) in [4.78, 5) is 78.7. The molecule has 1 heterocycles. The van der Waals surface area contributed by atoms with Crippen LogP contribution in [0.2, 0.25) is 0 Å². The summed E-state index contributed by atoms with van der Waals surface area (Å²) in [7, 11) is 1.22. The molecule has 5 aromatic rings. The van der Waals surface area contributed by atoms with Crippen LogP contribution in [0.1, 0.15) is 25.0 Å². The Morgan fingerprint density at radius 2 is 1.13 bits per heavy atom. The highest BCUT2D eigenvalue weighted by Crippen LogP contribution is 2.50. The van der Waals surface area contributed by atoms with E-state index in [0.29, 0.717) is 27.0 Å². The van der Waals surface area contributed by atoms with E-state index < -0.39 is 64.7 Å². The lowest BCUT2D eigenvalue weighted by Gasteiger charge is -2.53. The van der Waals surface area contributed by atoms with Crippen LogP contribution in [0.15, 0.2) is 152 Å². The number of carbonyl (C=O) groups excluding carboxylic acids is 4. The van der Waals surface area contributed by atoms with Crippen LogP contribution >= 0.6 is 6.89 Å². The summed E-state index contributed by atoms with van der Waals surface area (Å²) in [6, 6.07) is 38.0. The molecule has 4 atom stereocenters. The summed E-state index contributed by atoms with van der Waals surface area (Å²) in [6.07, 6.45) is 0.533. The van der Waals surface area contributed by atoms with Crippen molar-refractivity contribution in [3.8, 4) is 0 Å². The highest BCUT2D eigenvalue weighted by atomic mass is 31.2. The van der Waals surface area contributed by atoms with E-state index in [1.165, 1.54) is 73.5 Å². The van der Waals surface area contributed by atoms with Crippen molar-refractivity contribution < 1.29 is 48.0 Å². The number of carbonyl (C=O) groups is 4. The molecule has 4 unspecified atom stereocenters. The Balaban J connectivity index is 1.50. The summed E-state index contributed by atoms with van der Waals surface area (Å²) >= 11 is 0. The molecule has 0 aliphatic carbocycles. The zero-order valence-electron chi connectivity index (χ0n) is 33.8. The number of nitro groups is 2. The predicted molar refractivity (Wildman–Crippen MR) is 231 cm³/mol. The van der Waals surface area contributed by atoms with Crippen molar-refractivity contribution in [3.05, 3.63) is 183 Å². The van der Waals surface area contributed by atoms with Gasteiger partial charge in [0.25, 0.3) is 11.4 Å². The van der Waals surface area contributed by atoms with Crippen LogP contribution in [-0.2, 0) is 46.5 Å². The molecule has 0 aromatic heterocycles. The molecule has 62 heavy (non-hydrogen) atoms. The molecule has 1 aliphatic heterocycles. The number of non-ortho nitro benzene ring substituents is 2. The van der Waals surface area contributed by atoms with E-state index in [1.807, 2.05) is 91.0 Å². The van der Waals surface area contributed by atoms with E-state index in [9.17, 15) is 29.8 Å². The number of likely N-dealkylation sites (tertiary alicyclic amines) is 1. The first-order chi connectivity index (χ1) is 29.9. The molecule has 1 amide bonds. The molecule has 6 rings (SSSR count). The van der Waals surface area contributed by atoms with Gasteiger partial charge in [-0.25, -0.2) is 14.4 Å². The fourth-order valence-corrected chi connectivity index (χ4v) is 11.8. The van der Waals surface area contributed by atoms with E-state index in [4.69, 9.17) is 18.9 Å². The molecule has 1 aliphatic rings. The average Bonchev–Trinajstić information content (AvgIpc) is 3.29. The molecular formula is C46H42N3O12P. The van der Waals surface area contributed by atoms with Crippen LogP contribution in [0, 0.1) is 32.1 Å². The molecule has 0 spiro atoms. The minimum atomic E-state index is -3.41. The van der Waals surface area contributed by atoms with Gasteiger partial charge in [-0.2, -0.15) is 0 Å². The van der Waals surface area contributed by atoms with Gasteiger partial charge in [0.1, 0.15) is 24.7 Å². The average molecular weight is 860 g/mol. The summed E-state index contributed by atoms with van der Waals surface area (Å²) in [6.45, 7) is -0.704. The van der Waals surface area contributed by atoms with Crippen LogP contribution < -0.4 is 15.9 Å². The number of nitro benzene ring substituents is 2. The fraction of sp³-hybridized carbons (Fsp3) is 0.196. The van der Waals surface area contributed by atoms with E-state index in [0.717, 1.165) is 0 Å². The summed E-state index contributed by atoms with van der Waals surface area (Å²) in [5, 5.41) is 24.6. The number of β-lactam (4-membered cyclic amide) rings is 1. The number of nitrogens with zero attached hydrogens (tertiary/aromatic N) is 3. The van der Waals surface area contributed by atoms with E-state index in [2.05, 4.69) is 0 Å². The Hall–Kier alpha value is -7.38. The number of ether oxygens (including phenoxy) is 4. The second-order valence-electron chi connectivity index (χ2n) is 14.3. The molecular weight excluding hydrogens is 817 g/mol. The van der Waals surface area contributed by atoms with Crippen LogP contribution in [0.4, 0.5) is 16.2 Å². The Kier molecular flexibility index (Phi) is 14.1. The second-order valence-corrected chi connectivity index (χ2v) is 17.6. The molecule has 0 radical (unpaired) electrons. The Morgan fingerprint density at radius 3 is 1.55 bits per heavy atom. The van der Waals surface area contributed by atoms with Gasteiger partial charge in [-0.15, -0.1) is 0 Å². The first-order valence-electron chi connectivity index (χ1n) is 19.4. The van der Waals surface area contributed by atoms with Crippen molar-refractivity contribution in [2.75, 3.05) is 7.11 Å². The molecule has 318 valence electrons. The Morgan fingerprint density at radius 1 is 0.694 bits per heavy atom. The predicted octanol–water partition coefficient (Wildman–Crippen LogP) is 6.60. The SMILES string of the molecule is COC(=O)C=CC(C)C1C(C(C)OC(=O)OCc2ccc([N+](=O)[O-])cc2)C(=O)N1C(C(=O)OCc1ccc([N+](=O)[O-])cc1)=P(c1ccccc1)(c1ccccc1)c1ccccc1. The van der Waals surface area contributed by atoms with E-state index >= 15 is 9.59 Å². The first kappa shape index (κ1) is 44.2. The van der Waals surface area contributed by atoms with Gasteiger partial charge in [-0.1, -0.05) is 104 Å². The van der Waals surface area contributed by atoms with Crippen molar-refractivity contribution in [1.82, 2.24) is 4.90 Å². The zero-order valence-corrected chi connectivity index (χ0v) is 34.7. The van der Waals surface area contributed by atoms with Crippen molar-refractivity contribution in [1.29, 1.82) is 0 Å². The lowest BCUT2D eigenvalue weighted by Crippen LogP contribution is -2.70. The van der Waals surface area contributed by atoms with Gasteiger partial charge in [0.15, 0.2) is 0 Å². The smallest absolute Gasteiger partial charge is 0.466 e. The lowest BCUT2D eigenvalue weighted by atomic mass is 9.76. The summed E-state index contributed by atoms with van der Waals surface area (Å²) < 4.78 is 22.0. The van der Waals surface area contributed by atoms with Crippen LogP contribution in [0.3, 0.4) is 0 Å². The van der Waals surface area contributed by atoms with E-state index in [-0.39, 0.29) is 30.0 Å². The second kappa shape index (κ2) is 19.8. The lowest BCUT2D eigenvalue weighted by molar-refractivity contribution is -0.385. The summed E-state index contributed by atoms with van der Waals surface area (Å²) in [5.41, 5.74) is 0.652. The summed E-state index contributed by atoms with van der Waals surface area (Å²) in [5.74, 6) is -3.80. The minimum absolute atomic E-state index is 0.0144. The molecule has 15 nitrogen and oxygen atoms in total.